The second kappa shape index (κ2) is 7.25. The van der Waals surface area contributed by atoms with Crippen molar-refractivity contribution in [2.24, 2.45) is 0 Å². The maximum Gasteiger partial charge on any atom is 0.338 e. The highest BCUT2D eigenvalue weighted by molar-refractivity contribution is 7.90. The van der Waals surface area contributed by atoms with Crippen LogP contribution in [-0.4, -0.2) is 33.2 Å². The molecule has 2 aromatic rings. The van der Waals surface area contributed by atoms with E-state index in [1.54, 1.807) is 11.4 Å². The normalized spacial score (nSPS) is 10.7. The number of carbonyl (C=O) groups is 2. The van der Waals surface area contributed by atoms with Gasteiger partial charge in [-0.25, -0.2) is 13.2 Å². The average molecular weight is 364 g/mol. The third-order valence-corrected chi connectivity index (χ3v) is 4.81. The number of ether oxygens (including phenoxy) is 1. The fourth-order valence-electron chi connectivity index (χ4n) is 1.72. The molecule has 0 aliphatic carbocycles. The summed E-state index contributed by atoms with van der Waals surface area (Å²) >= 11 is 1.18. The van der Waals surface area contributed by atoms with Crippen molar-refractivity contribution in [3.8, 4) is 6.07 Å². The summed E-state index contributed by atoms with van der Waals surface area (Å²) in [4.78, 5) is 23.6. The Labute approximate surface area is 142 Å². The van der Waals surface area contributed by atoms with Crippen LogP contribution in [0, 0.1) is 11.3 Å². The van der Waals surface area contributed by atoms with E-state index < -0.39 is 28.3 Å². The quantitative estimate of drug-likeness (QED) is 0.810. The van der Waals surface area contributed by atoms with E-state index in [2.05, 4.69) is 5.32 Å². The molecule has 1 aromatic heterocycles. The van der Waals surface area contributed by atoms with Crippen LogP contribution in [0.25, 0.3) is 0 Å². The topological polar surface area (TPSA) is 113 Å². The van der Waals surface area contributed by atoms with E-state index in [4.69, 9.17) is 10.00 Å². The third kappa shape index (κ3) is 4.41. The lowest BCUT2D eigenvalue weighted by Crippen LogP contribution is -2.21. The van der Waals surface area contributed by atoms with Crippen LogP contribution in [0.2, 0.25) is 0 Å². The standard InChI is InChI=1S/C15H12N2O5S2/c1-24(20,21)12-4-2-3-10(7-12)15(19)22-9-13(18)17-14-11(8-16)5-6-23-14/h2-7H,9H2,1H3,(H,17,18). The lowest BCUT2D eigenvalue weighted by Gasteiger charge is -2.06. The van der Waals surface area contributed by atoms with Gasteiger partial charge in [-0.2, -0.15) is 5.26 Å². The zero-order valence-electron chi connectivity index (χ0n) is 12.5. The van der Waals surface area contributed by atoms with Crippen molar-refractivity contribution in [1.82, 2.24) is 0 Å². The second-order valence-electron chi connectivity index (χ2n) is 4.70. The van der Waals surface area contributed by atoms with E-state index in [-0.39, 0.29) is 10.5 Å². The van der Waals surface area contributed by atoms with Gasteiger partial charge < -0.3 is 10.1 Å². The predicted molar refractivity (Wildman–Crippen MR) is 87.5 cm³/mol. The third-order valence-electron chi connectivity index (χ3n) is 2.87. The molecule has 0 unspecified atom stereocenters. The molecule has 0 radical (unpaired) electrons. The first kappa shape index (κ1) is 17.7. The summed E-state index contributed by atoms with van der Waals surface area (Å²) in [5.74, 6) is -1.41. The molecule has 24 heavy (non-hydrogen) atoms. The van der Waals surface area contributed by atoms with Crippen molar-refractivity contribution < 1.29 is 22.7 Å². The van der Waals surface area contributed by atoms with Crippen LogP contribution < -0.4 is 5.32 Å². The summed E-state index contributed by atoms with van der Waals surface area (Å²) in [6.45, 7) is -0.551. The highest BCUT2D eigenvalue weighted by Gasteiger charge is 2.15. The van der Waals surface area contributed by atoms with E-state index in [0.29, 0.717) is 10.6 Å². The van der Waals surface area contributed by atoms with Crippen LogP contribution in [0.4, 0.5) is 5.00 Å². The number of amides is 1. The molecule has 124 valence electrons. The van der Waals surface area contributed by atoms with Crippen LogP contribution in [0.1, 0.15) is 15.9 Å². The number of nitrogens with one attached hydrogen (secondary N) is 1. The Hall–Kier alpha value is -2.70. The maximum atomic E-state index is 11.9. The molecule has 1 heterocycles. The summed E-state index contributed by atoms with van der Waals surface area (Å²) < 4.78 is 27.8. The van der Waals surface area contributed by atoms with Crippen molar-refractivity contribution in [3.63, 3.8) is 0 Å². The first-order valence-electron chi connectivity index (χ1n) is 6.56. The van der Waals surface area contributed by atoms with E-state index in [9.17, 15) is 18.0 Å². The van der Waals surface area contributed by atoms with Gasteiger partial charge in [0.15, 0.2) is 16.4 Å². The summed E-state index contributed by atoms with van der Waals surface area (Å²) in [5, 5.41) is 13.3. The number of esters is 1. The number of rotatable bonds is 5. The summed E-state index contributed by atoms with van der Waals surface area (Å²) in [5.41, 5.74) is 0.347. The van der Waals surface area contributed by atoms with Gasteiger partial charge in [0.25, 0.3) is 5.91 Å². The number of hydrogen-bond acceptors (Lipinski definition) is 7. The fourth-order valence-corrected chi connectivity index (χ4v) is 3.15. The van der Waals surface area contributed by atoms with Gasteiger partial charge in [-0.1, -0.05) is 6.07 Å². The Bertz CT molecular complexity index is 925. The van der Waals surface area contributed by atoms with Crippen molar-refractivity contribution >= 4 is 38.1 Å². The van der Waals surface area contributed by atoms with Crippen molar-refractivity contribution in [3.05, 3.63) is 46.8 Å². The number of nitrogens with zero attached hydrogens (tertiary/aromatic N) is 1. The lowest BCUT2D eigenvalue weighted by molar-refractivity contribution is -0.119. The minimum Gasteiger partial charge on any atom is -0.452 e. The minimum absolute atomic E-state index is 0.0151. The van der Waals surface area contributed by atoms with Crippen LogP contribution in [-0.2, 0) is 19.4 Å². The highest BCUT2D eigenvalue weighted by atomic mass is 32.2. The molecule has 0 fully saturated rings. The largest absolute Gasteiger partial charge is 0.452 e. The molecule has 0 atom stereocenters. The predicted octanol–water partition coefficient (Wildman–Crippen LogP) is 1.82. The molecule has 0 saturated heterocycles. The molecule has 1 aromatic carbocycles. The Morgan fingerprint density at radius 3 is 2.75 bits per heavy atom. The molecular formula is C15H12N2O5S2. The van der Waals surface area contributed by atoms with Crippen molar-refractivity contribution in [2.45, 2.75) is 4.90 Å². The molecule has 0 aliphatic rings. The molecule has 0 saturated carbocycles. The van der Waals surface area contributed by atoms with Crippen molar-refractivity contribution in [1.29, 1.82) is 5.26 Å². The zero-order chi connectivity index (χ0) is 17.7. The highest BCUT2D eigenvalue weighted by Crippen LogP contribution is 2.21. The number of anilines is 1. The van der Waals surface area contributed by atoms with E-state index >= 15 is 0 Å². The van der Waals surface area contributed by atoms with Gasteiger partial charge in [-0.3, -0.25) is 4.79 Å². The molecule has 0 aliphatic heterocycles. The SMILES string of the molecule is CS(=O)(=O)c1cccc(C(=O)OCC(=O)Nc2sccc2C#N)c1. The van der Waals surface area contributed by atoms with Gasteiger partial charge in [0.1, 0.15) is 11.1 Å². The number of carbonyl (C=O) groups excluding carboxylic acids is 2. The average Bonchev–Trinajstić information content (AvgIpc) is 2.99. The Morgan fingerprint density at radius 1 is 1.33 bits per heavy atom. The summed E-state index contributed by atoms with van der Waals surface area (Å²) in [6.07, 6.45) is 1.03. The van der Waals surface area contributed by atoms with E-state index in [0.717, 1.165) is 6.26 Å². The number of nitriles is 1. The number of sulfone groups is 1. The molecule has 2 rings (SSSR count). The van der Waals surface area contributed by atoms with Crippen LogP contribution in [0.3, 0.4) is 0 Å². The molecule has 1 N–H and O–H groups in total. The molecule has 0 spiro atoms. The number of benzene rings is 1. The first-order valence-corrected chi connectivity index (χ1v) is 9.33. The van der Waals surface area contributed by atoms with Gasteiger partial charge in [-0.15, -0.1) is 11.3 Å². The Kier molecular flexibility index (Phi) is 5.33. The van der Waals surface area contributed by atoms with Crippen LogP contribution in [0.15, 0.2) is 40.6 Å². The Morgan fingerprint density at radius 2 is 2.08 bits per heavy atom. The van der Waals surface area contributed by atoms with E-state index in [1.807, 2.05) is 6.07 Å². The van der Waals surface area contributed by atoms with Gasteiger partial charge >= 0.3 is 5.97 Å². The number of thiophene rings is 1. The second-order valence-corrected chi connectivity index (χ2v) is 7.63. The van der Waals surface area contributed by atoms with Gasteiger partial charge in [0, 0.05) is 6.26 Å². The smallest absolute Gasteiger partial charge is 0.338 e. The molecule has 9 heteroatoms. The lowest BCUT2D eigenvalue weighted by atomic mass is 10.2. The summed E-state index contributed by atoms with van der Waals surface area (Å²) in [6, 6.07) is 8.83. The molecular weight excluding hydrogens is 352 g/mol. The minimum atomic E-state index is -3.45. The molecule has 1 amide bonds. The van der Waals surface area contributed by atoms with E-state index in [1.165, 1.54) is 35.6 Å². The molecule has 7 nitrogen and oxygen atoms in total. The number of hydrogen-bond donors (Lipinski definition) is 1. The van der Waals surface area contributed by atoms with Gasteiger partial charge in [-0.05, 0) is 29.6 Å². The van der Waals surface area contributed by atoms with Gasteiger partial charge in [0.2, 0.25) is 0 Å². The Balaban J connectivity index is 1.98. The summed E-state index contributed by atoms with van der Waals surface area (Å²) in [7, 11) is -3.45. The zero-order valence-corrected chi connectivity index (χ0v) is 14.1. The molecule has 0 bridgehead atoms. The van der Waals surface area contributed by atoms with Crippen molar-refractivity contribution in [2.75, 3.05) is 18.2 Å². The maximum absolute atomic E-state index is 11.9. The van der Waals surface area contributed by atoms with Gasteiger partial charge in [0.05, 0.1) is 16.0 Å². The van der Waals surface area contributed by atoms with Crippen LogP contribution >= 0.6 is 11.3 Å². The first-order chi connectivity index (χ1) is 11.3. The van der Waals surface area contributed by atoms with Crippen LogP contribution in [0.5, 0.6) is 0 Å². The fraction of sp³-hybridized carbons (Fsp3) is 0.133. The monoisotopic (exact) mass is 364 g/mol.